The summed E-state index contributed by atoms with van der Waals surface area (Å²) in [6, 6.07) is 14.1. The van der Waals surface area contributed by atoms with Crippen LogP contribution in [0.15, 0.2) is 68.5 Å². The van der Waals surface area contributed by atoms with Crippen LogP contribution in [0.25, 0.3) is 0 Å². The number of unbranched alkanes of at least 4 members (excludes halogenated alkanes) is 3. The Morgan fingerprint density at radius 2 is 1.00 bits per heavy atom. The first-order valence-corrected chi connectivity index (χ1v) is 12.0. The third kappa shape index (κ3) is 19.2. The molecule has 2 aromatic carbocycles. The number of nitrogens with one attached hydrogen (secondary N) is 2. The van der Waals surface area contributed by atoms with Crippen LogP contribution in [0, 0.1) is 15.3 Å². The van der Waals surface area contributed by atoms with Gasteiger partial charge in [0, 0.05) is 34.5 Å². The maximum absolute atomic E-state index is 8.25. The van der Waals surface area contributed by atoms with Crippen molar-refractivity contribution in [2.24, 2.45) is 42.9 Å². The largest absolute Gasteiger partial charge is 1.00 e. The van der Waals surface area contributed by atoms with Crippen molar-refractivity contribution in [2.75, 3.05) is 23.7 Å². The van der Waals surface area contributed by atoms with Gasteiger partial charge in [0.25, 0.3) is 0 Å². The number of nitrogens with zero attached hydrogens (tertiary/aromatic N) is 5. The summed E-state index contributed by atoms with van der Waals surface area (Å²) in [6.07, 6.45) is 3.68. The number of nitrogens with two attached hydrogens (primary N) is 4. The van der Waals surface area contributed by atoms with Gasteiger partial charge in [0.05, 0.1) is 5.09 Å². The van der Waals surface area contributed by atoms with E-state index in [9.17, 15) is 0 Å². The van der Waals surface area contributed by atoms with Gasteiger partial charge >= 0.3 is 22.4 Å². The molecule has 17 heteroatoms. The molecule has 0 aliphatic rings. The Hall–Kier alpha value is -3.56. The zero-order valence-electron chi connectivity index (χ0n) is 20.7. The number of hydrogen-bond acceptors (Lipinski definition) is 5. The van der Waals surface area contributed by atoms with Crippen molar-refractivity contribution in [1.82, 2.24) is 0 Å². The molecule has 0 aliphatic carbocycles. The van der Waals surface area contributed by atoms with Crippen LogP contribution < -0.4 is 33.6 Å². The predicted octanol–water partition coefficient (Wildman–Crippen LogP) is 3.10. The van der Waals surface area contributed by atoms with Crippen LogP contribution in [0.3, 0.4) is 0 Å². The Labute approximate surface area is 251 Å². The molecule has 2 rings (SSSR count). The normalized spacial score (nSPS) is 12.1. The smallest absolute Gasteiger partial charge is 0.369 e. The average Bonchev–Trinajstić information content (AvgIpc) is 2.83. The second-order valence-corrected chi connectivity index (χ2v) is 8.25. The molecule has 216 valence electrons. The second-order valence-electron chi connectivity index (χ2n) is 7.38. The fourth-order valence-corrected chi connectivity index (χ4v) is 2.95. The van der Waals surface area contributed by atoms with E-state index in [0.717, 1.165) is 37.1 Å². The molecule has 0 spiro atoms. The van der Waals surface area contributed by atoms with E-state index in [1.54, 1.807) is 48.5 Å². The van der Waals surface area contributed by atoms with Crippen LogP contribution >= 0.6 is 23.2 Å². The van der Waals surface area contributed by atoms with Crippen molar-refractivity contribution in [2.45, 2.75) is 25.7 Å². The van der Waals surface area contributed by atoms with Crippen LogP contribution in [0.5, 0.6) is 0 Å². The standard InChI is InChI=1S/C22H30Cl2N10.Ag.NO3/c23-15-5-9-17(10-6-15)31-21(27)33-19(25)29-13-3-1-2-4-14-30-20(26)34-22(28)32-18-11-7-16(24)8-12-18;;2-1(3)4/h5-12H,1-4,13-14H2,(H5,25,27,29,31,33)(H5,26,28,30,32,34);;/q;+1;-1. The van der Waals surface area contributed by atoms with Crippen molar-refractivity contribution in [3.05, 3.63) is 73.9 Å². The predicted molar refractivity (Wildman–Crippen MR) is 155 cm³/mol. The number of aliphatic imine (C=N–C) groups is 4. The SMILES string of the molecule is NC(=NCCCCCCN=C(N)N=C(N)Nc1ccc(Cl)cc1)N=C(N)Nc1ccc(Cl)cc1.O=[N+]([O-])[O-].[Ag+]. The molecular formula is C22H30AgCl2N11O3. The summed E-state index contributed by atoms with van der Waals surface area (Å²) < 4.78 is 0. The topological polar surface area (TPSA) is 244 Å². The molecule has 10 N–H and O–H groups in total. The van der Waals surface area contributed by atoms with Gasteiger partial charge in [0.1, 0.15) is 0 Å². The van der Waals surface area contributed by atoms with Crippen molar-refractivity contribution in [1.29, 1.82) is 0 Å². The maximum atomic E-state index is 8.25. The first kappa shape index (κ1) is 35.4. The number of benzene rings is 2. The molecule has 2 aromatic rings. The number of rotatable bonds is 9. The van der Waals surface area contributed by atoms with Crippen molar-refractivity contribution in [3.8, 4) is 0 Å². The molecular weight excluding hydrogens is 645 g/mol. The van der Waals surface area contributed by atoms with Crippen LogP contribution in [-0.2, 0) is 22.4 Å². The van der Waals surface area contributed by atoms with Crippen LogP contribution in [0.4, 0.5) is 11.4 Å². The molecule has 14 nitrogen and oxygen atoms in total. The quantitative estimate of drug-likeness (QED) is 0.0570. The molecule has 39 heavy (non-hydrogen) atoms. The number of halogens is 2. The second kappa shape index (κ2) is 20.4. The zero-order valence-corrected chi connectivity index (χ0v) is 23.7. The third-order valence-electron chi connectivity index (χ3n) is 4.32. The summed E-state index contributed by atoms with van der Waals surface area (Å²) in [6.45, 7) is 1.12. The summed E-state index contributed by atoms with van der Waals surface area (Å²) in [4.78, 5) is 24.7. The fourth-order valence-electron chi connectivity index (χ4n) is 2.70. The minimum atomic E-state index is -1.75. The Balaban J connectivity index is 0.00000269. The molecule has 0 atom stereocenters. The molecule has 0 bridgehead atoms. The van der Waals surface area contributed by atoms with Gasteiger partial charge in [-0.2, -0.15) is 9.98 Å². The molecule has 0 fully saturated rings. The molecule has 0 saturated carbocycles. The van der Waals surface area contributed by atoms with E-state index in [1.807, 2.05) is 0 Å². The molecule has 0 unspecified atom stereocenters. The molecule has 0 saturated heterocycles. The average molecular weight is 675 g/mol. The van der Waals surface area contributed by atoms with E-state index in [2.05, 4.69) is 30.6 Å². The maximum Gasteiger partial charge on any atom is 1.00 e. The van der Waals surface area contributed by atoms with Crippen molar-refractivity contribution >= 4 is 58.4 Å². The minimum Gasteiger partial charge on any atom is -0.369 e. The van der Waals surface area contributed by atoms with Gasteiger partial charge in [0.2, 0.25) is 23.8 Å². The molecule has 0 radical (unpaired) electrons. The van der Waals surface area contributed by atoms with E-state index in [-0.39, 0.29) is 46.2 Å². The van der Waals surface area contributed by atoms with Gasteiger partial charge in [-0.05, 0) is 61.4 Å². The number of hydrogen-bond donors (Lipinski definition) is 6. The Morgan fingerprint density at radius 1 is 0.692 bits per heavy atom. The molecule has 0 aromatic heterocycles. The molecule has 0 amide bonds. The van der Waals surface area contributed by atoms with Crippen LogP contribution in [0.1, 0.15) is 25.7 Å². The Bertz CT molecular complexity index is 1040. The van der Waals surface area contributed by atoms with Gasteiger partial charge in [-0.1, -0.05) is 36.0 Å². The van der Waals surface area contributed by atoms with Crippen molar-refractivity contribution in [3.63, 3.8) is 0 Å². The van der Waals surface area contributed by atoms with Gasteiger partial charge in [0.15, 0.2) is 0 Å². The van der Waals surface area contributed by atoms with E-state index in [4.69, 9.17) is 61.5 Å². The van der Waals surface area contributed by atoms with E-state index >= 15 is 0 Å². The van der Waals surface area contributed by atoms with Crippen LogP contribution in [0.2, 0.25) is 10.0 Å². The summed E-state index contributed by atoms with van der Waals surface area (Å²) >= 11 is 11.7. The third-order valence-corrected chi connectivity index (χ3v) is 4.82. The molecule has 0 heterocycles. The monoisotopic (exact) mass is 673 g/mol. The van der Waals surface area contributed by atoms with E-state index in [0.29, 0.717) is 23.1 Å². The number of anilines is 2. The Kier molecular flexibility index (Phi) is 18.5. The van der Waals surface area contributed by atoms with Gasteiger partial charge < -0.3 is 48.9 Å². The van der Waals surface area contributed by atoms with Gasteiger partial charge in [-0.25, -0.2) is 0 Å². The first-order chi connectivity index (χ1) is 18.0. The fraction of sp³-hybridized carbons (Fsp3) is 0.273. The zero-order chi connectivity index (χ0) is 28.3. The summed E-state index contributed by atoms with van der Waals surface area (Å²) in [5.41, 5.74) is 24.8. The molecule has 0 aliphatic heterocycles. The van der Waals surface area contributed by atoms with Gasteiger partial charge in [-0.15, -0.1) is 0 Å². The van der Waals surface area contributed by atoms with E-state index < -0.39 is 5.09 Å². The van der Waals surface area contributed by atoms with Gasteiger partial charge in [-0.3, -0.25) is 9.98 Å². The van der Waals surface area contributed by atoms with Crippen molar-refractivity contribution < 1.29 is 27.5 Å². The summed E-state index contributed by atoms with van der Waals surface area (Å²) in [5, 5.41) is 21.9. The summed E-state index contributed by atoms with van der Waals surface area (Å²) in [7, 11) is 0. The number of guanidine groups is 4. The van der Waals surface area contributed by atoms with Crippen LogP contribution in [-0.4, -0.2) is 42.0 Å². The minimum absolute atomic E-state index is 0. The Morgan fingerprint density at radius 3 is 1.31 bits per heavy atom. The van der Waals surface area contributed by atoms with E-state index in [1.165, 1.54) is 0 Å². The first-order valence-electron chi connectivity index (χ1n) is 11.2. The summed E-state index contributed by atoms with van der Waals surface area (Å²) in [5.74, 6) is 0.564.